The molecule has 0 saturated heterocycles. The topological polar surface area (TPSA) is 71.5 Å². The predicted octanol–water partition coefficient (Wildman–Crippen LogP) is 2.68. The van der Waals surface area contributed by atoms with Crippen molar-refractivity contribution in [2.45, 2.75) is 19.9 Å². The van der Waals surface area contributed by atoms with E-state index >= 15 is 0 Å². The molecule has 0 unspecified atom stereocenters. The third-order valence-electron chi connectivity index (χ3n) is 2.81. The van der Waals surface area contributed by atoms with Gasteiger partial charge in [0.1, 0.15) is 0 Å². The quantitative estimate of drug-likeness (QED) is 0.822. The monoisotopic (exact) mass is 277 g/mol. The van der Waals surface area contributed by atoms with Gasteiger partial charge in [-0.1, -0.05) is 6.92 Å². The summed E-state index contributed by atoms with van der Waals surface area (Å²) in [6, 6.07) is 3.37. The van der Waals surface area contributed by atoms with Crippen LogP contribution < -0.4 is 19.9 Å². The van der Waals surface area contributed by atoms with Crippen LogP contribution in [0.5, 0.6) is 23.0 Å². The van der Waals surface area contributed by atoms with Crippen molar-refractivity contribution in [3.8, 4) is 23.0 Å². The van der Waals surface area contributed by atoms with Crippen molar-refractivity contribution in [1.29, 1.82) is 0 Å². The molecule has 0 bridgehead atoms. The van der Waals surface area contributed by atoms with Crippen LogP contribution in [-0.2, 0) is 6.54 Å². The van der Waals surface area contributed by atoms with E-state index in [4.69, 9.17) is 19.9 Å². The standard InChI is InChI=1S/C14H19N3O3/c1-4-5-17-9-10(8-16-17)20-12-7-14(19-3)13(18-2)6-11(12)15/h6-9H,4-5,15H2,1-3H3. The van der Waals surface area contributed by atoms with Gasteiger partial charge in [-0.2, -0.15) is 5.10 Å². The molecule has 2 aromatic rings. The molecule has 0 aliphatic heterocycles. The van der Waals surface area contributed by atoms with Crippen molar-refractivity contribution >= 4 is 5.69 Å². The highest BCUT2D eigenvalue weighted by atomic mass is 16.5. The van der Waals surface area contributed by atoms with Crippen LogP contribution in [0.2, 0.25) is 0 Å². The van der Waals surface area contributed by atoms with E-state index in [9.17, 15) is 0 Å². The van der Waals surface area contributed by atoms with Gasteiger partial charge in [-0.3, -0.25) is 4.68 Å². The number of hydrogen-bond donors (Lipinski definition) is 1. The minimum Gasteiger partial charge on any atom is -0.493 e. The molecule has 108 valence electrons. The van der Waals surface area contributed by atoms with Crippen molar-refractivity contribution in [1.82, 2.24) is 9.78 Å². The maximum Gasteiger partial charge on any atom is 0.165 e. The van der Waals surface area contributed by atoms with E-state index < -0.39 is 0 Å². The second kappa shape index (κ2) is 6.18. The number of rotatable bonds is 6. The second-order valence-corrected chi connectivity index (χ2v) is 4.29. The largest absolute Gasteiger partial charge is 0.493 e. The Morgan fingerprint density at radius 3 is 2.50 bits per heavy atom. The van der Waals surface area contributed by atoms with Gasteiger partial charge in [0, 0.05) is 18.7 Å². The fourth-order valence-electron chi connectivity index (χ4n) is 1.84. The van der Waals surface area contributed by atoms with Crippen molar-refractivity contribution in [2.24, 2.45) is 0 Å². The molecule has 20 heavy (non-hydrogen) atoms. The zero-order valence-corrected chi connectivity index (χ0v) is 11.9. The Kier molecular flexibility index (Phi) is 4.34. The minimum atomic E-state index is 0.478. The zero-order valence-electron chi connectivity index (χ0n) is 11.9. The van der Waals surface area contributed by atoms with Gasteiger partial charge in [0.25, 0.3) is 0 Å². The van der Waals surface area contributed by atoms with Crippen LogP contribution in [0.15, 0.2) is 24.5 Å². The maximum atomic E-state index is 5.95. The molecule has 6 nitrogen and oxygen atoms in total. The Morgan fingerprint density at radius 2 is 1.85 bits per heavy atom. The summed E-state index contributed by atoms with van der Waals surface area (Å²) in [6.07, 6.45) is 4.51. The number of methoxy groups -OCH3 is 2. The summed E-state index contributed by atoms with van der Waals surface area (Å²) < 4.78 is 18.0. The number of nitrogen functional groups attached to an aromatic ring is 1. The van der Waals surface area contributed by atoms with Crippen molar-refractivity contribution in [3.63, 3.8) is 0 Å². The highest BCUT2D eigenvalue weighted by Gasteiger charge is 2.11. The second-order valence-electron chi connectivity index (χ2n) is 4.29. The van der Waals surface area contributed by atoms with Gasteiger partial charge >= 0.3 is 0 Å². The molecular formula is C14H19N3O3. The number of anilines is 1. The molecule has 0 radical (unpaired) electrons. The van der Waals surface area contributed by atoms with Gasteiger partial charge in [-0.25, -0.2) is 0 Å². The van der Waals surface area contributed by atoms with Crippen LogP contribution in [0.3, 0.4) is 0 Å². The highest BCUT2D eigenvalue weighted by molar-refractivity contribution is 5.62. The molecule has 2 N–H and O–H groups in total. The molecule has 1 aromatic heterocycles. The average molecular weight is 277 g/mol. The lowest BCUT2D eigenvalue weighted by Crippen LogP contribution is -1.97. The van der Waals surface area contributed by atoms with E-state index in [0.717, 1.165) is 13.0 Å². The number of aryl methyl sites for hydroxylation is 1. The molecule has 0 amide bonds. The molecule has 1 heterocycles. The minimum absolute atomic E-state index is 0.478. The smallest absolute Gasteiger partial charge is 0.165 e. The molecule has 0 aliphatic rings. The van der Waals surface area contributed by atoms with Gasteiger partial charge in [0.2, 0.25) is 0 Å². The van der Waals surface area contributed by atoms with Crippen molar-refractivity contribution < 1.29 is 14.2 Å². The highest BCUT2D eigenvalue weighted by Crippen LogP contribution is 2.38. The Morgan fingerprint density at radius 1 is 1.15 bits per heavy atom. The Labute approximate surface area is 118 Å². The van der Waals surface area contributed by atoms with Crippen LogP contribution in [0.25, 0.3) is 0 Å². The summed E-state index contributed by atoms with van der Waals surface area (Å²) in [6.45, 7) is 2.94. The third kappa shape index (κ3) is 2.96. The third-order valence-corrected chi connectivity index (χ3v) is 2.81. The summed E-state index contributed by atoms with van der Waals surface area (Å²) in [5.41, 5.74) is 6.42. The first-order chi connectivity index (χ1) is 9.67. The number of hydrogen-bond acceptors (Lipinski definition) is 5. The van der Waals surface area contributed by atoms with E-state index in [1.807, 2.05) is 10.9 Å². The van der Waals surface area contributed by atoms with Crippen molar-refractivity contribution in [2.75, 3.05) is 20.0 Å². The summed E-state index contributed by atoms with van der Waals surface area (Å²) in [4.78, 5) is 0. The molecule has 0 saturated carbocycles. The fraction of sp³-hybridized carbons (Fsp3) is 0.357. The first-order valence-corrected chi connectivity index (χ1v) is 6.39. The number of nitrogens with zero attached hydrogens (tertiary/aromatic N) is 2. The molecular weight excluding hydrogens is 258 g/mol. The summed E-state index contributed by atoms with van der Waals surface area (Å²) >= 11 is 0. The van der Waals surface area contributed by atoms with Gasteiger partial charge in [-0.05, 0) is 6.42 Å². The SMILES string of the molecule is CCCn1cc(Oc2cc(OC)c(OC)cc2N)cn1. The molecule has 1 aromatic carbocycles. The predicted molar refractivity (Wildman–Crippen MR) is 76.6 cm³/mol. The fourth-order valence-corrected chi connectivity index (χ4v) is 1.84. The van der Waals surface area contributed by atoms with Crippen LogP contribution in [0.1, 0.15) is 13.3 Å². The van der Waals surface area contributed by atoms with Gasteiger partial charge < -0.3 is 19.9 Å². The normalized spacial score (nSPS) is 10.3. The number of ether oxygens (including phenoxy) is 3. The molecule has 0 atom stereocenters. The lowest BCUT2D eigenvalue weighted by molar-refractivity contribution is 0.352. The zero-order chi connectivity index (χ0) is 14.5. The van der Waals surface area contributed by atoms with E-state index in [-0.39, 0.29) is 0 Å². The van der Waals surface area contributed by atoms with Gasteiger partial charge in [-0.15, -0.1) is 0 Å². The molecule has 0 aliphatic carbocycles. The molecule has 0 spiro atoms. The lowest BCUT2D eigenvalue weighted by Gasteiger charge is -2.12. The van der Waals surface area contributed by atoms with Crippen LogP contribution in [0.4, 0.5) is 5.69 Å². The lowest BCUT2D eigenvalue weighted by atomic mass is 10.2. The van der Waals surface area contributed by atoms with E-state index in [2.05, 4.69) is 12.0 Å². The first-order valence-electron chi connectivity index (χ1n) is 6.39. The molecule has 2 rings (SSSR count). The van der Waals surface area contributed by atoms with Crippen molar-refractivity contribution in [3.05, 3.63) is 24.5 Å². The molecule has 0 fully saturated rings. The average Bonchev–Trinajstić information content (AvgIpc) is 2.88. The number of nitrogens with two attached hydrogens (primary N) is 1. The maximum absolute atomic E-state index is 5.95. The Hall–Kier alpha value is -2.37. The van der Waals surface area contributed by atoms with Crippen LogP contribution >= 0.6 is 0 Å². The summed E-state index contributed by atoms with van der Waals surface area (Å²) in [5, 5.41) is 4.20. The van der Waals surface area contributed by atoms with Gasteiger partial charge in [0.15, 0.2) is 23.0 Å². The van der Waals surface area contributed by atoms with E-state index in [1.165, 1.54) is 0 Å². The Balaban J connectivity index is 2.23. The summed E-state index contributed by atoms with van der Waals surface area (Å²) in [7, 11) is 3.13. The molecule has 6 heteroatoms. The number of benzene rings is 1. The van der Waals surface area contributed by atoms with Crippen LogP contribution in [-0.4, -0.2) is 24.0 Å². The summed E-state index contributed by atoms with van der Waals surface area (Å²) in [5.74, 6) is 2.28. The Bertz CT molecular complexity index is 581. The first kappa shape index (κ1) is 14.0. The number of aromatic nitrogens is 2. The van der Waals surface area contributed by atoms with E-state index in [1.54, 1.807) is 32.5 Å². The van der Waals surface area contributed by atoms with Gasteiger partial charge in [0.05, 0.1) is 32.3 Å². The van der Waals surface area contributed by atoms with E-state index in [0.29, 0.717) is 28.7 Å². The van der Waals surface area contributed by atoms with Crippen LogP contribution in [0, 0.1) is 0 Å².